The van der Waals surface area contributed by atoms with Crippen LogP contribution in [0.1, 0.15) is 10.6 Å². The van der Waals surface area contributed by atoms with Gasteiger partial charge in [-0.3, -0.25) is 0 Å². The molecule has 16 heavy (non-hydrogen) atoms. The van der Waals surface area contributed by atoms with Crippen LogP contribution >= 0.6 is 11.8 Å². The summed E-state index contributed by atoms with van der Waals surface area (Å²) >= 11 is 1.66. The Labute approximate surface area is 96.7 Å². The third-order valence-electron chi connectivity index (χ3n) is 2.18. The van der Waals surface area contributed by atoms with E-state index in [-0.39, 0.29) is 5.82 Å². The van der Waals surface area contributed by atoms with Crippen LogP contribution in [0.15, 0.2) is 35.4 Å². The molecule has 1 heterocycles. The zero-order valence-corrected chi connectivity index (χ0v) is 9.41. The Balaban J connectivity index is 2.31. The maximum atomic E-state index is 10.6. The van der Waals surface area contributed by atoms with Crippen LogP contribution in [0.25, 0.3) is 11.3 Å². The van der Waals surface area contributed by atoms with Crippen molar-refractivity contribution in [3.8, 4) is 11.3 Å². The summed E-state index contributed by atoms with van der Waals surface area (Å²) in [6.45, 7) is 0. The summed E-state index contributed by atoms with van der Waals surface area (Å²) in [6.07, 6.45) is 3.53. The Morgan fingerprint density at radius 3 is 2.56 bits per heavy atom. The van der Waals surface area contributed by atoms with Crippen LogP contribution in [0.3, 0.4) is 0 Å². The first-order valence-electron chi connectivity index (χ1n) is 4.63. The molecule has 0 bridgehead atoms. The molecule has 0 fully saturated rings. The van der Waals surface area contributed by atoms with Crippen LogP contribution < -0.4 is 0 Å². The van der Waals surface area contributed by atoms with Crippen LogP contribution in [-0.2, 0) is 0 Å². The Morgan fingerprint density at radius 2 is 2.06 bits per heavy atom. The van der Waals surface area contributed by atoms with Crippen LogP contribution in [0, 0.1) is 0 Å². The zero-order chi connectivity index (χ0) is 11.5. The van der Waals surface area contributed by atoms with E-state index in [0.717, 1.165) is 5.56 Å². The van der Waals surface area contributed by atoms with Crippen molar-refractivity contribution in [1.82, 2.24) is 9.97 Å². The lowest BCUT2D eigenvalue weighted by molar-refractivity contribution is 0.0685. The second-order valence-electron chi connectivity index (χ2n) is 3.18. The van der Waals surface area contributed by atoms with Gasteiger partial charge in [0, 0.05) is 4.90 Å². The summed E-state index contributed by atoms with van der Waals surface area (Å²) in [5, 5.41) is 8.73. The van der Waals surface area contributed by atoms with Gasteiger partial charge >= 0.3 is 5.97 Å². The third kappa shape index (κ3) is 2.09. The minimum atomic E-state index is -1.05. The van der Waals surface area contributed by atoms with Crippen molar-refractivity contribution in [3.63, 3.8) is 0 Å². The molecular weight excluding hydrogens is 224 g/mol. The number of carbonyl (C=O) groups is 1. The number of aromatic carboxylic acids is 1. The molecule has 0 atom stereocenters. The molecule has 5 heteroatoms. The van der Waals surface area contributed by atoms with Crippen LogP contribution in [-0.4, -0.2) is 27.3 Å². The maximum absolute atomic E-state index is 10.6. The molecule has 0 saturated carbocycles. The summed E-state index contributed by atoms with van der Waals surface area (Å²) in [5.74, 6) is -1.09. The number of imidazole rings is 1. The molecule has 0 amide bonds. The van der Waals surface area contributed by atoms with Crippen molar-refractivity contribution in [1.29, 1.82) is 0 Å². The Morgan fingerprint density at radius 1 is 1.38 bits per heavy atom. The molecule has 1 aromatic heterocycles. The highest BCUT2D eigenvalue weighted by Crippen LogP contribution is 2.21. The first-order valence-corrected chi connectivity index (χ1v) is 5.86. The Hall–Kier alpha value is -1.75. The standard InChI is InChI=1S/C11H10N2O2S/c1-16-8-4-2-7(3-5-8)9-6-12-10(13-9)11(14)15/h2-6H,1H3,(H,12,13)(H,14,15). The summed E-state index contributed by atoms with van der Waals surface area (Å²) in [6, 6.07) is 7.85. The number of nitrogens with zero attached hydrogens (tertiary/aromatic N) is 1. The first-order chi connectivity index (χ1) is 7.70. The summed E-state index contributed by atoms with van der Waals surface area (Å²) in [7, 11) is 0. The average Bonchev–Trinajstić information content (AvgIpc) is 2.78. The van der Waals surface area contributed by atoms with Crippen molar-refractivity contribution in [2.75, 3.05) is 6.26 Å². The van der Waals surface area contributed by atoms with Crippen LogP contribution in [0.2, 0.25) is 0 Å². The lowest BCUT2D eigenvalue weighted by Gasteiger charge is -1.99. The molecule has 0 spiro atoms. The summed E-state index contributed by atoms with van der Waals surface area (Å²) in [5.41, 5.74) is 1.64. The van der Waals surface area contributed by atoms with E-state index in [2.05, 4.69) is 9.97 Å². The van der Waals surface area contributed by atoms with Crippen molar-refractivity contribution in [3.05, 3.63) is 36.3 Å². The molecule has 1 aromatic carbocycles. The van der Waals surface area contributed by atoms with Gasteiger partial charge in [0.2, 0.25) is 5.82 Å². The molecule has 82 valence electrons. The first kappa shape index (κ1) is 10.8. The maximum Gasteiger partial charge on any atom is 0.371 e. The average molecular weight is 234 g/mol. The predicted molar refractivity (Wildman–Crippen MR) is 62.8 cm³/mol. The van der Waals surface area contributed by atoms with Crippen LogP contribution in [0.4, 0.5) is 0 Å². The van der Waals surface area contributed by atoms with Gasteiger partial charge in [-0.1, -0.05) is 12.1 Å². The van der Waals surface area contributed by atoms with Gasteiger partial charge < -0.3 is 10.1 Å². The molecule has 0 aliphatic carbocycles. The highest BCUT2D eigenvalue weighted by atomic mass is 32.2. The second kappa shape index (κ2) is 4.40. The van der Waals surface area contributed by atoms with Gasteiger partial charge in [-0.25, -0.2) is 9.78 Å². The Bertz CT molecular complexity index is 505. The highest BCUT2D eigenvalue weighted by molar-refractivity contribution is 7.98. The van der Waals surface area contributed by atoms with E-state index in [4.69, 9.17) is 5.11 Å². The number of rotatable bonds is 3. The number of H-pyrrole nitrogens is 1. The van der Waals surface area contributed by atoms with Gasteiger partial charge in [0.15, 0.2) is 0 Å². The van der Waals surface area contributed by atoms with E-state index in [1.54, 1.807) is 11.8 Å². The van der Waals surface area contributed by atoms with Gasteiger partial charge in [0.05, 0.1) is 11.9 Å². The minimum absolute atomic E-state index is 0.0380. The number of aromatic amines is 1. The molecule has 0 saturated heterocycles. The smallest absolute Gasteiger partial charge is 0.371 e. The fourth-order valence-corrected chi connectivity index (χ4v) is 1.76. The summed E-state index contributed by atoms with van der Waals surface area (Å²) < 4.78 is 0. The highest BCUT2D eigenvalue weighted by Gasteiger charge is 2.08. The van der Waals surface area contributed by atoms with Crippen LogP contribution in [0.5, 0.6) is 0 Å². The molecule has 0 radical (unpaired) electrons. The lowest BCUT2D eigenvalue weighted by Crippen LogP contribution is -1.98. The quantitative estimate of drug-likeness (QED) is 0.801. The van der Waals surface area contributed by atoms with Crippen molar-refractivity contribution in [2.45, 2.75) is 4.90 Å². The Kier molecular flexibility index (Phi) is 2.96. The van der Waals surface area contributed by atoms with E-state index in [1.165, 1.54) is 11.1 Å². The number of nitrogens with one attached hydrogen (secondary N) is 1. The number of benzene rings is 1. The SMILES string of the molecule is CSc1ccc(-c2cnc(C(=O)O)[nH]2)cc1. The van der Waals surface area contributed by atoms with Gasteiger partial charge in [0.25, 0.3) is 0 Å². The minimum Gasteiger partial charge on any atom is -0.475 e. The zero-order valence-electron chi connectivity index (χ0n) is 8.60. The lowest BCUT2D eigenvalue weighted by atomic mass is 10.2. The molecule has 0 aliphatic rings. The van der Waals surface area contributed by atoms with E-state index in [0.29, 0.717) is 5.69 Å². The monoisotopic (exact) mass is 234 g/mol. The number of hydrogen-bond donors (Lipinski definition) is 2. The number of hydrogen-bond acceptors (Lipinski definition) is 3. The second-order valence-corrected chi connectivity index (χ2v) is 4.06. The van der Waals surface area contributed by atoms with Crippen molar-refractivity contribution in [2.24, 2.45) is 0 Å². The molecular formula is C11H10N2O2S. The molecule has 2 N–H and O–H groups in total. The molecule has 0 aliphatic heterocycles. The van der Waals surface area contributed by atoms with Gasteiger partial charge in [-0.15, -0.1) is 11.8 Å². The predicted octanol–water partition coefficient (Wildman–Crippen LogP) is 2.50. The van der Waals surface area contributed by atoms with E-state index >= 15 is 0 Å². The molecule has 2 aromatic rings. The number of thioether (sulfide) groups is 1. The van der Waals surface area contributed by atoms with E-state index in [1.807, 2.05) is 30.5 Å². The number of aromatic nitrogens is 2. The third-order valence-corrected chi connectivity index (χ3v) is 2.92. The number of carboxylic acid groups (broad SMARTS) is 1. The summed E-state index contributed by atoms with van der Waals surface area (Å²) in [4.78, 5) is 18.3. The van der Waals surface area contributed by atoms with Crippen molar-refractivity contribution >= 4 is 17.7 Å². The topological polar surface area (TPSA) is 66.0 Å². The fraction of sp³-hybridized carbons (Fsp3) is 0.0909. The molecule has 4 nitrogen and oxygen atoms in total. The normalized spacial score (nSPS) is 10.3. The van der Waals surface area contributed by atoms with E-state index in [9.17, 15) is 4.79 Å². The van der Waals surface area contributed by atoms with E-state index < -0.39 is 5.97 Å². The van der Waals surface area contributed by atoms with Crippen molar-refractivity contribution < 1.29 is 9.90 Å². The molecule has 0 unspecified atom stereocenters. The van der Waals surface area contributed by atoms with Gasteiger partial charge in [-0.2, -0.15) is 0 Å². The fourth-order valence-electron chi connectivity index (χ4n) is 1.35. The molecule has 2 rings (SSSR count). The largest absolute Gasteiger partial charge is 0.475 e. The number of carboxylic acids is 1. The van der Waals surface area contributed by atoms with Gasteiger partial charge in [0.1, 0.15) is 0 Å². The van der Waals surface area contributed by atoms with Gasteiger partial charge in [-0.05, 0) is 24.0 Å².